The van der Waals surface area contributed by atoms with Gasteiger partial charge in [-0.05, 0) is 45.7 Å². The van der Waals surface area contributed by atoms with Crippen molar-refractivity contribution < 1.29 is 17.9 Å². The molecule has 2 rings (SSSR count). The van der Waals surface area contributed by atoms with Crippen LogP contribution in [0.25, 0.3) is 0 Å². The Hall–Kier alpha value is -2.78. The lowest BCUT2D eigenvalue weighted by Crippen LogP contribution is -2.43. The Bertz CT molecular complexity index is 863. The molecule has 0 spiro atoms. The summed E-state index contributed by atoms with van der Waals surface area (Å²) < 4.78 is 44.1. The molecule has 0 aromatic carbocycles. The third-order valence-electron chi connectivity index (χ3n) is 4.53. The number of nitrogens with zero attached hydrogens (tertiary/aromatic N) is 4. The maximum absolute atomic E-state index is 12.5. The smallest absolute Gasteiger partial charge is 0.422 e. The van der Waals surface area contributed by atoms with Crippen LogP contribution < -0.4 is 15.4 Å². The minimum atomic E-state index is -4.42. The molecular formula is C20H29F3N6O. The van der Waals surface area contributed by atoms with Gasteiger partial charge < -0.3 is 15.4 Å². The van der Waals surface area contributed by atoms with Crippen LogP contribution in [0.15, 0.2) is 23.3 Å². The Morgan fingerprint density at radius 2 is 2.07 bits per heavy atom. The zero-order valence-corrected chi connectivity index (χ0v) is 18.0. The van der Waals surface area contributed by atoms with Gasteiger partial charge in [-0.3, -0.25) is 4.68 Å². The van der Waals surface area contributed by atoms with Crippen molar-refractivity contribution in [2.24, 2.45) is 12.0 Å². The van der Waals surface area contributed by atoms with Gasteiger partial charge in [-0.15, -0.1) is 0 Å². The summed E-state index contributed by atoms with van der Waals surface area (Å²) in [7, 11) is 1.92. The second-order valence-electron chi connectivity index (χ2n) is 7.09. The van der Waals surface area contributed by atoms with Crippen molar-refractivity contribution in [2.75, 3.05) is 13.2 Å². The third kappa shape index (κ3) is 6.93. The lowest BCUT2D eigenvalue weighted by atomic mass is 10.1. The second kappa shape index (κ2) is 10.3. The highest BCUT2D eigenvalue weighted by Gasteiger charge is 2.29. The van der Waals surface area contributed by atoms with Crippen LogP contribution in [0.1, 0.15) is 36.4 Å². The van der Waals surface area contributed by atoms with Crippen LogP contribution in [0, 0.1) is 13.8 Å². The summed E-state index contributed by atoms with van der Waals surface area (Å²) >= 11 is 0. The number of alkyl halides is 3. The molecule has 2 heterocycles. The van der Waals surface area contributed by atoms with Gasteiger partial charge in [0.25, 0.3) is 0 Å². The molecule has 0 amide bonds. The molecule has 0 aliphatic heterocycles. The lowest BCUT2D eigenvalue weighted by molar-refractivity contribution is -0.154. The van der Waals surface area contributed by atoms with Crippen LogP contribution >= 0.6 is 0 Å². The maximum atomic E-state index is 12.5. The average molecular weight is 426 g/mol. The highest BCUT2D eigenvalue weighted by atomic mass is 19.4. The number of aromatic nitrogens is 3. The van der Waals surface area contributed by atoms with Crippen molar-refractivity contribution in [2.45, 2.75) is 52.9 Å². The molecule has 2 aromatic rings. The van der Waals surface area contributed by atoms with Crippen LogP contribution in [0.5, 0.6) is 5.88 Å². The fourth-order valence-electron chi connectivity index (χ4n) is 3.01. The van der Waals surface area contributed by atoms with Crippen molar-refractivity contribution >= 4 is 5.96 Å². The van der Waals surface area contributed by atoms with Gasteiger partial charge in [-0.25, -0.2) is 9.98 Å². The van der Waals surface area contributed by atoms with Gasteiger partial charge in [0.1, 0.15) is 0 Å². The van der Waals surface area contributed by atoms with E-state index in [0.29, 0.717) is 18.1 Å². The fourth-order valence-corrected chi connectivity index (χ4v) is 3.01. The number of pyridine rings is 1. The average Bonchev–Trinajstić information content (AvgIpc) is 2.90. The van der Waals surface area contributed by atoms with Gasteiger partial charge in [0.2, 0.25) is 5.88 Å². The van der Waals surface area contributed by atoms with E-state index in [4.69, 9.17) is 4.74 Å². The predicted octanol–water partition coefficient (Wildman–Crippen LogP) is 3.06. The number of halogens is 3. The largest absolute Gasteiger partial charge is 0.468 e. The number of aryl methyl sites for hydroxylation is 2. The van der Waals surface area contributed by atoms with Gasteiger partial charge in [0.05, 0.1) is 12.2 Å². The Morgan fingerprint density at radius 3 is 2.67 bits per heavy atom. The topological polar surface area (TPSA) is 76.4 Å². The molecule has 166 valence electrons. The summed E-state index contributed by atoms with van der Waals surface area (Å²) in [4.78, 5) is 8.40. The van der Waals surface area contributed by atoms with Crippen molar-refractivity contribution in [1.29, 1.82) is 0 Å². The standard InChI is InChI=1S/C20H29F3N6O/c1-6-24-19(27-13(2)10-17-14(3)28-29(5)15(17)4)26-11-16-8-7-9-25-18(16)30-12-20(21,22)23/h7-9,13H,6,10-12H2,1-5H3,(H2,24,26,27). The van der Waals surface area contributed by atoms with Gasteiger partial charge >= 0.3 is 6.18 Å². The van der Waals surface area contributed by atoms with E-state index in [2.05, 4.69) is 25.7 Å². The Kier molecular flexibility index (Phi) is 8.08. The van der Waals surface area contributed by atoms with Crippen molar-refractivity contribution in [1.82, 2.24) is 25.4 Å². The molecule has 0 saturated carbocycles. The molecule has 0 aliphatic rings. The summed E-state index contributed by atoms with van der Waals surface area (Å²) in [6.45, 7) is 7.40. The van der Waals surface area contributed by atoms with Crippen LogP contribution in [-0.2, 0) is 20.0 Å². The van der Waals surface area contributed by atoms with Crippen LogP contribution in [-0.4, -0.2) is 46.1 Å². The van der Waals surface area contributed by atoms with E-state index >= 15 is 0 Å². The molecule has 7 nitrogen and oxygen atoms in total. The first-order valence-corrected chi connectivity index (χ1v) is 9.78. The number of hydrogen-bond acceptors (Lipinski definition) is 4. The first-order valence-electron chi connectivity index (χ1n) is 9.78. The van der Waals surface area contributed by atoms with E-state index in [1.807, 2.05) is 39.4 Å². The summed E-state index contributed by atoms with van der Waals surface area (Å²) in [6.07, 6.45) is -2.27. The molecule has 0 bridgehead atoms. The van der Waals surface area contributed by atoms with E-state index < -0.39 is 12.8 Å². The summed E-state index contributed by atoms with van der Waals surface area (Å²) in [5, 5.41) is 10.9. The molecular weight excluding hydrogens is 397 g/mol. The lowest BCUT2D eigenvalue weighted by Gasteiger charge is -2.18. The summed E-state index contributed by atoms with van der Waals surface area (Å²) in [6, 6.07) is 3.36. The Labute approximate surface area is 174 Å². The highest BCUT2D eigenvalue weighted by Crippen LogP contribution is 2.20. The number of ether oxygens (including phenoxy) is 1. The van der Waals surface area contributed by atoms with E-state index in [-0.39, 0.29) is 18.5 Å². The number of hydrogen-bond donors (Lipinski definition) is 2. The molecule has 0 fully saturated rings. The van der Waals surface area contributed by atoms with Crippen molar-refractivity contribution in [3.63, 3.8) is 0 Å². The molecule has 0 saturated heterocycles. The minimum absolute atomic E-state index is 0.0657. The molecule has 0 aliphatic carbocycles. The second-order valence-corrected chi connectivity index (χ2v) is 7.09. The van der Waals surface area contributed by atoms with Gasteiger partial charge in [-0.1, -0.05) is 6.07 Å². The zero-order valence-electron chi connectivity index (χ0n) is 18.0. The Balaban J connectivity index is 2.07. The van der Waals surface area contributed by atoms with Crippen molar-refractivity contribution in [3.8, 4) is 5.88 Å². The van der Waals surface area contributed by atoms with Crippen molar-refractivity contribution in [3.05, 3.63) is 40.8 Å². The Morgan fingerprint density at radius 1 is 1.33 bits per heavy atom. The summed E-state index contributed by atoms with van der Waals surface area (Å²) in [5.41, 5.74) is 3.77. The number of rotatable bonds is 8. The number of aliphatic imine (C=N–C) groups is 1. The zero-order chi connectivity index (χ0) is 22.3. The van der Waals surface area contributed by atoms with E-state index in [9.17, 15) is 13.2 Å². The number of nitrogens with one attached hydrogen (secondary N) is 2. The van der Waals surface area contributed by atoms with Crippen LogP contribution in [0.4, 0.5) is 13.2 Å². The van der Waals surface area contributed by atoms with Crippen LogP contribution in [0.3, 0.4) is 0 Å². The minimum Gasteiger partial charge on any atom is -0.468 e. The maximum Gasteiger partial charge on any atom is 0.422 e. The van der Waals surface area contributed by atoms with E-state index in [1.54, 1.807) is 12.1 Å². The van der Waals surface area contributed by atoms with Gasteiger partial charge in [0.15, 0.2) is 12.6 Å². The van der Waals surface area contributed by atoms with E-state index in [0.717, 1.165) is 17.8 Å². The molecule has 2 aromatic heterocycles. The third-order valence-corrected chi connectivity index (χ3v) is 4.53. The normalized spacial score (nSPS) is 13.3. The first kappa shape index (κ1) is 23.5. The van der Waals surface area contributed by atoms with E-state index in [1.165, 1.54) is 11.8 Å². The highest BCUT2D eigenvalue weighted by molar-refractivity contribution is 5.80. The fraction of sp³-hybridized carbons (Fsp3) is 0.550. The van der Waals surface area contributed by atoms with Gasteiger partial charge in [-0.2, -0.15) is 18.3 Å². The predicted molar refractivity (Wildman–Crippen MR) is 110 cm³/mol. The molecule has 10 heteroatoms. The van der Waals surface area contributed by atoms with Crippen LogP contribution in [0.2, 0.25) is 0 Å². The first-order chi connectivity index (χ1) is 14.1. The number of guanidine groups is 1. The molecule has 2 N–H and O–H groups in total. The van der Waals surface area contributed by atoms with Gasteiger partial charge in [0, 0.05) is 37.1 Å². The summed E-state index contributed by atoms with van der Waals surface area (Å²) in [5.74, 6) is 0.499. The molecule has 1 atom stereocenters. The quantitative estimate of drug-likeness (QED) is 0.501. The molecule has 30 heavy (non-hydrogen) atoms. The molecule has 0 radical (unpaired) electrons. The SMILES string of the molecule is CCNC(=NCc1cccnc1OCC(F)(F)F)NC(C)Cc1c(C)nn(C)c1C. The molecule has 1 unspecified atom stereocenters. The monoisotopic (exact) mass is 426 g/mol.